The Bertz CT molecular complexity index is 773. The van der Waals surface area contributed by atoms with Gasteiger partial charge in [-0.2, -0.15) is 0 Å². The van der Waals surface area contributed by atoms with Crippen LogP contribution in [0.1, 0.15) is 12.0 Å². The Kier molecular flexibility index (Phi) is 5.44. The van der Waals surface area contributed by atoms with Gasteiger partial charge in [0.05, 0.1) is 13.0 Å². The topological polar surface area (TPSA) is 51.2 Å². The minimum absolute atomic E-state index is 0.161. The van der Waals surface area contributed by atoms with Gasteiger partial charge in [0.25, 0.3) is 0 Å². The van der Waals surface area contributed by atoms with E-state index in [1.165, 1.54) is 5.56 Å². The largest absolute Gasteiger partial charge is 0.493 e. The van der Waals surface area contributed by atoms with Crippen LogP contribution in [0.15, 0.2) is 48.5 Å². The van der Waals surface area contributed by atoms with Crippen LogP contribution in [0.5, 0.6) is 17.2 Å². The molecule has 0 aromatic heterocycles. The first-order chi connectivity index (χ1) is 13.3. The number of fused-ring (bicyclic) bond motifs is 1. The Balaban J connectivity index is 1.20. The number of amides is 1. The molecule has 0 saturated carbocycles. The summed E-state index contributed by atoms with van der Waals surface area (Å²) in [5, 5.41) is 0. The maximum absolute atomic E-state index is 12.4. The molecule has 0 aliphatic carbocycles. The maximum Gasteiger partial charge on any atom is 0.231 e. The van der Waals surface area contributed by atoms with Gasteiger partial charge < -0.3 is 19.1 Å². The summed E-state index contributed by atoms with van der Waals surface area (Å²) in [5.41, 5.74) is 1.20. The van der Waals surface area contributed by atoms with Crippen LogP contribution in [0.25, 0.3) is 0 Å². The smallest absolute Gasteiger partial charge is 0.231 e. The number of rotatable bonds is 6. The van der Waals surface area contributed by atoms with Crippen LogP contribution in [0, 0.1) is 0 Å². The molecule has 0 radical (unpaired) electrons. The van der Waals surface area contributed by atoms with Gasteiger partial charge in [0.1, 0.15) is 5.75 Å². The summed E-state index contributed by atoms with van der Waals surface area (Å²) in [7, 11) is 0. The van der Waals surface area contributed by atoms with Gasteiger partial charge in [-0.1, -0.05) is 24.3 Å². The summed E-state index contributed by atoms with van der Waals surface area (Å²) in [4.78, 5) is 16.7. The molecule has 6 heteroatoms. The van der Waals surface area contributed by atoms with E-state index in [-0.39, 0.29) is 5.91 Å². The van der Waals surface area contributed by atoms with E-state index in [0.29, 0.717) is 19.8 Å². The fourth-order valence-corrected chi connectivity index (χ4v) is 3.38. The van der Waals surface area contributed by atoms with Crippen molar-refractivity contribution in [2.75, 3.05) is 39.6 Å². The highest BCUT2D eigenvalue weighted by Crippen LogP contribution is 2.32. The Morgan fingerprint density at radius 2 is 1.74 bits per heavy atom. The standard InChI is InChI=1S/C21H24N2O4/c24-21(8-13-25-18-4-2-1-3-5-18)23-11-9-22(10-12-23)15-17-6-7-19-20(14-17)27-16-26-19/h1-7,14H,8-13,15-16H2. The number of hydrogen-bond acceptors (Lipinski definition) is 5. The van der Waals surface area contributed by atoms with Crippen molar-refractivity contribution in [2.45, 2.75) is 13.0 Å². The number of carbonyl (C=O) groups is 1. The lowest BCUT2D eigenvalue weighted by Crippen LogP contribution is -2.48. The third kappa shape index (κ3) is 4.52. The van der Waals surface area contributed by atoms with Crippen molar-refractivity contribution in [3.8, 4) is 17.2 Å². The van der Waals surface area contributed by atoms with Gasteiger partial charge in [-0.05, 0) is 29.8 Å². The number of carbonyl (C=O) groups excluding carboxylic acids is 1. The first-order valence-corrected chi connectivity index (χ1v) is 9.34. The molecule has 0 bridgehead atoms. The molecule has 1 fully saturated rings. The van der Waals surface area contributed by atoms with Crippen molar-refractivity contribution >= 4 is 5.91 Å². The monoisotopic (exact) mass is 368 g/mol. The predicted molar refractivity (Wildman–Crippen MR) is 101 cm³/mol. The molecule has 0 unspecified atom stereocenters. The van der Waals surface area contributed by atoms with Gasteiger partial charge in [-0.25, -0.2) is 0 Å². The van der Waals surface area contributed by atoms with Gasteiger partial charge >= 0.3 is 0 Å². The molecule has 2 aromatic rings. The Labute approximate surface area is 159 Å². The lowest BCUT2D eigenvalue weighted by molar-refractivity contribution is -0.133. The molecular formula is C21H24N2O4. The molecule has 2 heterocycles. The zero-order valence-electron chi connectivity index (χ0n) is 15.3. The third-order valence-corrected chi connectivity index (χ3v) is 4.90. The summed E-state index contributed by atoms with van der Waals surface area (Å²) < 4.78 is 16.4. The van der Waals surface area contributed by atoms with E-state index < -0.39 is 0 Å². The van der Waals surface area contributed by atoms with Crippen LogP contribution in [0.4, 0.5) is 0 Å². The van der Waals surface area contributed by atoms with E-state index in [9.17, 15) is 4.79 Å². The number of para-hydroxylation sites is 1. The molecule has 2 aliphatic heterocycles. The highest BCUT2D eigenvalue weighted by atomic mass is 16.7. The number of ether oxygens (including phenoxy) is 3. The predicted octanol–water partition coefficient (Wildman–Crippen LogP) is 2.53. The zero-order chi connectivity index (χ0) is 18.5. The number of nitrogens with zero attached hydrogens (tertiary/aromatic N) is 2. The molecular weight excluding hydrogens is 344 g/mol. The molecule has 0 N–H and O–H groups in total. The van der Waals surface area contributed by atoms with Crippen LogP contribution in [-0.4, -0.2) is 55.3 Å². The first-order valence-electron chi connectivity index (χ1n) is 9.34. The molecule has 142 valence electrons. The number of hydrogen-bond donors (Lipinski definition) is 0. The summed E-state index contributed by atoms with van der Waals surface area (Å²) >= 11 is 0. The molecule has 2 aromatic carbocycles. The van der Waals surface area contributed by atoms with E-state index in [0.717, 1.165) is 50.0 Å². The molecule has 4 rings (SSSR count). The lowest BCUT2D eigenvalue weighted by Gasteiger charge is -2.34. The van der Waals surface area contributed by atoms with Crippen LogP contribution >= 0.6 is 0 Å². The molecule has 0 spiro atoms. The first kappa shape index (κ1) is 17.7. The van der Waals surface area contributed by atoms with Gasteiger partial charge in [0.2, 0.25) is 12.7 Å². The van der Waals surface area contributed by atoms with Crippen molar-refractivity contribution in [3.63, 3.8) is 0 Å². The van der Waals surface area contributed by atoms with Crippen molar-refractivity contribution < 1.29 is 19.0 Å². The fourth-order valence-electron chi connectivity index (χ4n) is 3.38. The van der Waals surface area contributed by atoms with E-state index in [1.807, 2.05) is 47.4 Å². The summed E-state index contributed by atoms with van der Waals surface area (Å²) in [6, 6.07) is 15.7. The number of piperazine rings is 1. The average molecular weight is 368 g/mol. The highest BCUT2D eigenvalue weighted by Gasteiger charge is 2.22. The molecule has 0 atom stereocenters. The van der Waals surface area contributed by atoms with Crippen LogP contribution in [0.2, 0.25) is 0 Å². The zero-order valence-corrected chi connectivity index (χ0v) is 15.3. The molecule has 1 saturated heterocycles. The van der Waals surface area contributed by atoms with Crippen molar-refractivity contribution in [1.82, 2.24) is 9.80 Å². The van der Waals surface area contributed by atoms with Gasteiger partial charge in [-0.15, -0.1) is 0 Å². The molecule has 1 amide bonds. The SMILES string of the molecule is O=C(CCOc1ccccc1)N1CCN(Cc2ccc3c(c2)OCO3)CC1. The second kappa shape index (κ2) is 8.31. The molecule has 27 heavy (non-hydrogen) atoms. The maximum atomic E-state index is 12.4. The van der Waals surface area contributed by atoms with Crippen molar-refractivity contribution in [1.29, 1.82) is 0 Å². The minimum atomic E-state index is 0.161. The average Bonchev–Trinajstić information content (AvgIpc) is 3.17. The van der Waals surface area contributed by atoms with Crippen LogP contribution in [0.3, 0.4) is 0 Å². The van der Waals surface area contributed by atoms with Crippen LogP contribution < -0.4 is 14.2 Å². The highest BCUT2D eigenvalue weighted by molar-refractivity contribution is 5.76. The van der Waals surface area contributed by atoms with E-state index in [4.69, 9.17) is 14.2 Å². The van der Waals surface area contributed by atoms with Gasteiger partial charge in [0.15, 0.2) is 11.5 Å². The second-order valence-electron chi connectivity index (χ2n) is 6.76. The minimum Gasteiger partial charge on any atom is -0.493 e. The van der Waals surface area contributed by atoms with E-state index in [2.05, 4.69) is 11.0 Å². The lowest BCUT2D eigenvalue weighted by atomic mass is 10.1. The summed E-state index contributed by atoms with van der Waals surface area (Å²) in [6.45, 7) is 4.84. The van der Waals surface area contributed by atoms with Crippen molar-refractivity contribution in [2.24, 2.45) is 0 Å². The summed E-state index contributed by atoms with van der Waals surface area (Å²) in [5.74, 6) is 2.60. The van der Waals surface area contributed by atoms with E-state index >= 15 is 0 Å². The van der Waals surface area contributed by atoms with Gasteiger partial charge in [0, 0.05) is 32.7 Å². The quantitative estimate of drug-likeness (QED) is 0.784. The van der Waals surface area contributed by atoms with Crippen LogP contribution in [-0.2, 0) is 11.3 Å². The Morgan fingerprint density at radius 3 is 2.56 bits per heavy atom. The molecule has 6 nitrogen and oxygen atoms in total. The van der Waals surface area contributed by atoms with Crippen molar-refractivity contribution in [3.05, 3.63) is 54.1 Å². The third-order valence-electron chi connectivity index (χ3n) is 4.90. The second-order valence-corrected chi connectivity index (χ2v) is 6.76. The fraction of sp³-hybridized carbons (Fsp3) is 0.381. The Morgan fingerprint density at radius 1 is 0.963 bits per heavy atom. The van der Waals surface area contributed by atoms with E-state index in [1.54, 1.807) is 0 Å². The molecule has 2 aliphatic rings. The van der Waals surface area contributed by atoms with Gasteiger partial charge in [-0.3, -0.25) is 9.69 Å². The summed E-state index contributed by atoms with van der Waals surface area (Å²) in [6.07, 6.45) is 0.414. The number of benzene rings is 2. The normalized spacial score (nSPS) is 16.4. The Hall–Kier alpha value is -2.73.